The van der Waals surface area contributed by atoms with Crippen LogP contribution in [0.2, 0.25) is 0 Å². The molecule has 2 aromatic heterocycles. The molecule has 2 N–H and O–H groups in total. The lowest BCUT2D eigenvalue weighted by Gasteiger charge is -2.14. The molecule has 0 saturated heterocycles. The molecule has 0 aliphatic rings. The first-order valence-electron chi connectivity index (χ1n) is 8.10. The molecular weight excluding hydrogens is 326 g/mol. The molecule has 5 nitrogen and oxygen atoms in total. The first-order chi connectivity index (χ1) is 12.6. The Morgan fingerprint density at radius 3 is 2.35 bits per heavy atom. The van der Waals surface area contributed by atoms with Crippen molar-refractivity contribution in [1.29, 1.82) is 0 Å². The Bertz CT molecular complexity index is 1170. The Balaban J connectivity index is 2.07. The molecule has 0 bridgehead atoms. The second-order valence-corrected chi connectivity index (χ2v) is 5.91. The van der Waals surface area contributed by atoms with Crippen molar-refractivity contribution >= 4 is 16.8 Å². The summed E-state index contributed by atoms with van der Waals surface area (Å²) in [6, 6.07) is 18.9. The van der Waals surface area contributed by atoms with Gasteiger partial charge >= 0.3 is 0 Å². The highest BCUT2D eigenvalue weighted by Crippen LogP contribution is 2.25. The Kier molecular flexibility index (Phi) is 3.82. The van der Waals surface area contributed by atoms with Crippen LogP contribution in [0.1, 0.15) is 10.4 Å². The fraction of sp³-hybridized carbons (Fsp3) is 0. The normalized spacial score (nSPS) is 10.8. The number of benzene rings is 2. The van der Waals surface area contributed by atoms with Gasteiger partial charge in [0.2, 0.25) is 5.43 Å². The van der Waals surface area contributed by atoms with Crippen molar-refractivity contribution < 1.29 is 4.79 Å². The van der Waals surface area contributed by atoms with Crippen LogP contribution >= 0.6 is 0 Å². The third-order valence-corrected chi connectivity index (χ3v) is 4.32. The van der Waals surface area contributed by atoms with Crippen molar-refractivity contribution in [3.8, 4) is 16.8 Å². The highest BCUT2D eigenvalue weighted by atomic mass is 16.2. The third-order valence-electron chi connectivity index (χ3n) is 4.32. The molecule has 2 aromatic carbocycles. The van der Waals surface area contributed by atoms with E-state index in [4.69, 9.17) is 5.73 Å². The summed E-state index contributed by atoms with van der Waals surface area (Å²) >= 11 is 0. The van der Waals surface area contributed by atoms with Crippen LogP contribution in [0.3, 0.4) is 0 Å². The number of primary amides is 1. The maximum atomic E-state index is 12.7. The fourth-order valence-corrected chi connectivity index (χ4v) is 3.03. The summed E-state index contributed by atoms with van der Waals surface area (Å²) in [6.45, 7) is 0. The standard InChI is InChI=1S/C21H15N3O2/c22-21(26)18-13-24(16-4-2-1-3-5-16)19-12-15(6-7-17(19)20(18)25)14-8-10-23-11-9-14/h1-13H,(H2,22,26). The molecule has 2 heterocycles. The second-order valence-electron chi connectivity index (χ2n) is 5.91. The van der Waals surface area contributed by atoms with Gasteiger partial charge in [0, 0.05) is 29.7 Å². The molecule has 0 unspecified atom stereocenters. The van der Waals surface area contributed by atoms with Crippen LogP contribution in [0.5, 0.6) is 0 Å². The van der Waals surface area contributed by atoms with Crippen molar-refractivity contribution in [1.82, 2.24) is 9.55 Å². The quantitative estimate of drug-likeness (QED) is 0.622. The number of nitrogens with zero attached hydrogens (tertiary/aromatic N) is 2. The average molecular weight is 341 g/mol. The zero-order chi connectivity index (χ0) is 18.1. The lowest BCUT2D eigenvalue weighted by atomic mass is 10.0. The zero-order valence-corrected chi connectivity index (χ0v) is 13.8. The fourth-order valence-electron chi connectivity index (χ4n) is 3.03. The minimum absolute atomic E-state index is 0.0296. The Hall–Kier alpha value is -3.73. The number of carbonyl (C=O) groups excluding carboxylic acids is 1. The molecule has 4 rings (SSSR count). The SMILES string of the molecule is NC(=O)c1cn(-c2ccccc2)c2cc(-c3ccncc3)ccc2c1=O. The first kappa shape index (κ1) is 15.8. The van der Waals surface area contributed by atoms with E-state index in [0.29, 0.717) is 10.9 Å². The van der Waals surface area contributed by atoms with Gasteiger partial charge in [-0.25, -0.2) is 0 Å². The lowest BCUT2D eigenvalue weighted by molar-refractivity contribution is 0.0999. The van der Waals surface area contributed by atoms with Gasteiger partial charge in [-0.15, -0.1) is 0 Å². The van der Waals surface area contributed by atoms with Gasteiger partial charge < -0.3 is 10.3 Å². The van der Waals surface area contributed by atoms with E-state index in [1.54, 1.807) is 18.5 Å². The van der Waals surface area contributed by atoms with Gasteiger partial charge in [0.15, 0.2) is 0 Å². The number of carbonyl (C=O) groups is 1. The molecule has 0 atom stereocenters. The van der Waals surface area contributed by atoms with Crippen LogP contribution < -0.4 is 11.2 Å². The van der Waals surface area contributed by atoms with Gasteiger partial charge in [0.05, 0.1) is 5.52 Å². The first-order valence-corrected chi connectivity index (χ1v) is 8.10. The Morgan fingerprint density at radius 1 is 0.923 bits per heavy atom. The molecule has 0 radical (unpaired) electrons. The monoisotopic (exact) mass is 341 g/mol. The number of nitrogens with two attached hydrogens (primary N) is 1. The van der Waals surface area contributed by atoms with Gasteiger partial charge in [-0.3, -0.25) is 14.6 Å². The van der Waals surface area contributed by atoms with Crippen molar-refractivity contribution in [3.63, 3.8) is 0 Å². The van der Waals surface area contributed by atoms with E-state index in [9.17, 15) is 9.59 Å². The predicted octanol–water partition coefficient (Wildman–Crippen LogP) is 3.15. The van der Waals surface area contributed by atoms with E-state index >= 15 is 0 Å². The van der Waals surface area contributed by atoms with Crippen molar-refractivity contribution in [3.05, 3.63) is 95.0 Å². The summed E-state index contributed by atoms with van der Waals surface area (Å²) in [5, 5.41) is 0.447. The summed E-state index contributed by atoms with van der Waals surface area (Å²) in [7, 11) is 0. The van der Waals surface area contributed by atoms with Crippen molar-refractivity contribution in [2.75, 3.05) is 0 Å². The van der Waals surface area contributed by atoms with Crippen LogP contribution in [0.25, 0.3) is 27.7 Å². The van der Waals surface area contributed by atoms with Crippen LogP contribution in [-0.2, 0) is 0 Å². The molecule has 26 heavy (non-hydrogen) atoms. The van der Waals surface area contributed by atoms with E-state index in [-0.39, 0.29) is 11.0 Å². The minimum Gasteiger partial charge on any atom is -0.365 e. The lowest BCUT2D eigenvalue weighted by Crippen LogP contribution is -2.23. The van der Waals surface area contributed by atoms with E-state index in [2.05, 4.69) is 4.98 Å². The van der Waals surface area contributed by atoms with E-state index < -0.39 is 5.91 Å². The van der Waals surface area contributed by atoms with E-state index in [0.717, 1.165) is 16.8 Å². The zero-order valence-electron chi connectivity index (χ0n) is 13.8. The Labute approximate surface area is 149 Å². The smallest absolute Gasteiger partial charge is 0.254 e. The summed E-state index contributed by atoms with van der Waals surface area (Å²) in [5.74, 6) is -0.736. The van der Waals surface area contributed by atoms with Gasteiger partial charge in [0.25, 0.3) is 5.91 Å². The number of aromatic nitrogens is 2. The maximum Gasteiger partial charge on any atom is 0.254 e. The molecule has 0 aliphatic carbocycles. The van der Waals surface area contributed by atoms with Crippen LogP contribution in [-0.4, -0.2) is 15.5 Å². The van der Waals surface area contributed by atoms with E-state index in [1.807, 2.05) is 59.2 Å². The number of hydrogen-bond acceptors (Lipinski definition) is 3. The molecular formula is C21H15N3O2. The van der Waals surface area contributed by atoms with Crippen molar-refractivity contribution in [2.45, 2.75) is 0 Å². The maximum absolute atomic E-state index is 12.7. The Morgan fingerprint density at radius 2 is 1.65 bits per heavy atom. The van der Waals surface area contributed by atoms with Gasteiger partial charge in [-0.1, -0.05) is 24.3 Å². The number of amides is 1. The largest absolute Gasteiger partial charge is 0.365 e. The average Bonchev–Trinajstić information content (AvgIpc) is 2.69. The van der Waals surface area contributed by atoms with Gasteiger partial charge in [0.1, 0.15) is 5.56 Å². The summed E-state index contributed by atoms with van der Waals surface area (Å²) < 4.78 is 1.82. The van der Waals surface area contributed by atoms with Crippen LogP contribution in [0.4, 0.5) is 0 Å². The molecule has 0 aliphatic heterocycles. The molecule has 5 heteroatoms. The van der Waals surface area contributed by atoms with Crippen molar-refractivity contribution in [2.24, 2.45) is 5.73 Å². The number of para-hydroxylation sites is 1. The molecule has 0 spiro atoms. The molecule has 126 valence electrons. The van der Waals surface area contributed by atoms with Gasteiger partial charge in [-0.05, 0) is 47.5 Å². The molecule has 1 amide bonds. The summed E-state index contributed by atoms with van der Waals surface area (Å²) in [6.07, 6.45) is 4.96. The number of fused-ring (bicyclic) bond motifs is 1. The topological polar surface area (TPSA) is 78.0 Å². The van der Waals surface area contributed by atoms with Crippen LogP contribution in [0, 0.1) is 0 Å². The number of pyridine rings is 2. The highest BCUT2D eigenvalue weighted by Gasteiger charge is 2.14. The number of rotatable bonds is 3. The third kappa shape index (κ3) is 2.65. The molecule has 4 aromatic rings. The predicted molar refractivity (Wildman–Crippen MR) is 101 cm³/mol. The van der Waals surface area contributed by atoms with Gasteiger partial charge in [-0.2, -0.15) is 0 Å². The van der Waals surface area contributed by atoms with E-state index in [1.165, 1.54) is 6.20 Å². The summed E-state index contributed by atoms with van der Waals surface area (Å²) in [4.78, 5) is 28.5. The minimum atomic E-state index is -0.736. The molecule has 0 fully saturated rings. The highest BCUT2D eigenvalue weighted by molar-refractivity contribution is 5.97. The second kappa shape index (κ2) is 6.29. The number of hydrogen-bond donors (Lipinski definition) is 1. The van der Waals surface area contributed by atoms with Crippen LogP contribution in [0.15, 0.2) is 84.0 Å². The summed E-state index contributed by atoms with van der Waals surface area (Å²) in [5.41, 5.74) is 8.52. The molecule has 0 saturated carbocycles.